The van der Waals surface area contributed by atoms with Gasteiger partial charge in [0.15, 0.2) is 0 Å². The summed E-state index contributed by atoms with van der Waals surface area (Å²) in [6.45, 7) is 5.83. The van der Waals surface area contributed by atoms with E-state index in [1.807, 2.05) is 0 Å². The van der Waals surface area contributed by atoms with Gasteiger partial charge >= 0.3 is 12.1 Å². The van der Waals surface area contributed by atoms with Crippen molar-refractivity contribution >= 4 is 12.1 Å². The Morgan fingerprint density at radius 1 is 1.44 bits per heavy atom. The van der Waals surface area contributed by atoms with Crippen LogP contribution >= 0.6 is 0 Å². The molecule has 1 aliphatic rings. The molecular weight excluding hydrogens is 210 g/mol. The largest absolute Gasteiger partial charge is 0.465 e. The Morgan fingerprint density at radius 2 is 2.06 bits per heavy atom. The number of rotatable bonds is 1. The molecule has 5 heteroatoms. The summed E-state index contributed by atoms with van der Waals surface area (Å²) >= 11 is 0. The molecule has 0 bridgehead atoms. The third-order valence-electron chi connectivity index (χ3n) is 2.22. The van der Waals surface area contributed by atoms with E-state index in [4.69, 9.17) is 9.84 Å². The molecule has 0 fully saturated rings. The van der Waals surface area contributed by atoms with Gasteiger partial charge in [-0.25, -0.2) is 4.79 Å². The minimum atomic E-state index is -0.999. The molecule has 0 saturated carbocycles. The molecular formula is C11H17NO4. The Morgan fingerprint density at radius 3 is 2.56 bits per heavy atom. The fraction of sp³-hybridized carbons (Fsp3) is 0.636. The second-order valence-corrected chi connectivity index (χ2v) is 4.81. The molecule has 1 N–H and O–H groups in total. The number of ether oxygens (including phenoxy) is 1. The van der Waals surface area contributed by atoms with Crippen LogP contribution in [0.2, 0.25) is 0 Å². The maximum atomic E-state index is 11.6. The third-order valence-corrected chi connectivity index (χ3v) is 2.22. The van der Waals surface area contributed by atoms with Crippen LogP contribution in [-0.2, 0) is 9.53 Å². The highest BCUT2D eigenvalue weighted by atomic mass is 16.5. The van der Waals surface area contributed by atoms with Crippen molar-refractivity contribution in [1.29, 1.82) is 0 Å². The van der Waals surface area contributed by atoms with Gasteiger partial charge in [-0.15, -0.1) is 0 Å². The SMILES string of the molecule is CC(C)(C)C(=O)O[C@H]1C=CCN(C(=O)O)C1. The number of carboxylic acid groups (broad SMARTS) is 1. The van der Waals surface area contributed by atoms with Gasteiger partial charge in [-0.3, -0.25) is 4.79 Å². The number of hydrogen-bond acceptors (Lipinski definition) is 3. The summed E-state index contributed by atoms with van der Waals surface area (Å²) in [6.07, 6.45) is 1.94. The molecule has 0 saturated heterocycles. The van der Waals surface area contributed by atoms with E-state index in [0.29, 0.717) is 6.54 Å². The van der Waals surface area contributed by atoms with Crippen LogP contribution in [0.5, 0.6) is 0 Å². The van der Waals surface area contributed by atoms with Gasteiger partial charge in [-0.2, -0.15) is 0 Å². The molecule has 1 heterocycles. The van der Waals surface area contributed by atoms with Gasteiger partial charge < -0.3 is 14.7 Å². The molecule has 16 heavy (non-hydrogen) atoms. The van der Waals surface area contributed by atoms with Gasteiger partial charge in [0.25, 0.3) is 0 Å². The van der Waals surface area contributed by atoms with Crippen LogP contribution < -0.4 is 0 Å². The lowest BCUT2D eigenvalue weighted by Crippen LogP contribution is -2.41. The van der Waals surface area contributed by atoms with E-state index in [1.54, 1.807) is 32.9 Å². The molecule has 1 rings (SSSR count). The number of carbonyl (C=O) groups is 2. The van der Waals surface area contributed by atoms with Crippen molar-refractivity contribution in [2.75, 3.05) is 13.1 Å². The smallest absolute Gasteiger partial charge is 0.407 e. The standard InChI is InChI=1S/C11H17NO4/c1-11(2,3)9(13)16-8-5-4-6-12(7-8)10(14)15/h4-5,8H,6-7H2,1-3H3,(H,14,15)/t8-/m0/s1. The first kappa shape index (κ1) is 12.5. The first-order valence-electron chi connectivity index (χ1n) is 5.16. The third kappa shape index (κ3) is 3.25. The van der Waals surface area contributed by atoms with E-state index >= 15 is 0 Å². The van der Waals surface area contributed by atoms with Crippen LogP contribution in [0.25, 0.3) is 0 Å². The van der Waals surface area contributed by atoms with Crippen LogP contribution in [0.3, 0.4) is 0 Å². The van der Waals surface area contributed by atoms with Crippen LogP contribution in [0.1, 0.15) is 20.8 Å². The van der Waals surface area contributed by atoms with Gasteiger partial charge in [0, 0.05) is 6.54 Å². The highest BCUT2D eigenvalue weighted by molar-refractivity contribution is 5.75. The van der Waals surface area contributed by atoms with E-state index in [9.17, 15) is 9.59 Å². The van der Waals surface area contributed by atoms with E-state index in [-0.39, 0.29) is 12.5 Å². The Hall–Kier alpha value is -1.52. The zero-order valence-electron chi connectivity index (χ0n) is 9.77. The van der Waals surface area contributed by atoms with Crippen molar-refractivity contribution in [3.8, 4) is 0 Å². The first-order chi connectivity index (χ1) is 7.30. The average Bonchev–Trinajstić information content (AvgIpc) is 2.16. The van der Waals surface area contributed by atoms with E-state index in [0.717, 1.165) is 0 Å². The molecule has 1 aliphatic heterocycles. The van der Waals surface area contributed by atoms with Crippen molar-refractivity contribution in [3.63, 3.8) is 0 Å². The summed E-state index contributed by atoms with van der Waals surface area (Å²) < 4.78 is 5.21. The molecule has 1 atom stereocenters. The quantitative estimate of drug-likeness (QED) is 0.544. The first-order valence-corrected chi connectivity index (χ1v) is 5.16. The predicted octanol–water partition coefficient (Wildman–Crippen LogP) is 1.49. The predicted molar refractivity (Wildman–Crippen MR) is 58.1 cm³/mol. The second-order valence-electron chi connectivity index (χ2n) is 4.81. The van der Waals surface area contributed by atoms with Crippen LogP contribution in [0, 0.1) is 5.41 Å². The maximum Gasteiger partial charge on any atom is 0.407 e. The maximum absolute atomic E-state index is 11.6. The monoisotopic (exact) mass is 227 g/mol. The zero-order chi connectivity index (χ0) is 12.3. The molecule has 0 aromatic rings. The molecule has 5 nitrogen and oxygen atoms in total. The van der Waals surface area contributed by atoms with Gasteiger partial charge in [-0.1, -0.05) is 6.08 Å². The van der Waals surface area contributed by atoms with Crippen molar-refractivity contribution in [1.82, 2.24) is 4.90 Å². The summed E-state index contributed by atoms with van der Waals surface area (Å²) in [7, 11) is 0. The van der Waals surface area contributed by atoms with Crippen LogP contribution in [0.4, 0.5) is 4.79 Å². The van der Waals surface area contributed by atoms with Crippen molar-refractivity contribution in [2.24, 2.45) is 5.41 Å². The van der Waals surface area contributed by atoms with Crippen molar-refractivity contribution < 1.29 is 19.4 Å². The van der Waals surface area contributed by atoms with Gasteiger partial charge in [0.1, 0.15) is 6.10 Å². The van der Waals surface area contributed by atoms with E-state index in [2.05, 4.69) is 0 Å². The second kappa shape index (κ2) is 4.55. The topological polar surface area (TPSA) is 66.8 Å². The molecule has 0 aromatic carbocycles. The molecule has 0 spiro atoms. The fourth-order valence-electron chi connectivity index (χ4n) is 1.24. The minimum Gasteiger partial charge on any atom is -0.465 e. The van der Waals surface area contributed by atoms with Gasteiger partial charge in [0.05, 0.1) is 12.0 Å². The Bertz CT molecular complexity index is 316. The van der Waals surface area contributed by atoms with Gasteiger partial charge in [-0.05, 0) is 26.8 Å². The number of hydrogen-bond donors (Lipinski definition) is 1. The Balaban J connectivity index is 2.57. The number of carbonyl (C=O) groups excluding carboxylic acids is 1. The fourth-order valence-corrected chi connectivity index (χ4v) is 1.24. The molecule has 90 valence electrons. The van der Waals surface area contributed by atoms with Crippen LogP contribution in [-0.4, -0.2) is 41.3 Å². The van der Waals surface area contributed by atoms with Crippen molar-refractivity contribution in [3.05, 3.63) is 12.2 Å². The Kier molecular flexibility index (Phi) is 3.57. The highest BCUT2D eigenvalue weighted by Gasteiger charge is 2.28. The van der Waals surface area contributed by atoms with Crippen LogP contribution in [0.15, 0.2) is 12.2 Å². The zero-order valence-corrected chi connectivity index (χ0v) is 9.77. The summed E-state index contributed by atoms with van der Waals surface area (Å²) in [6, 6.07) is 0. The summed E-state index contributed by atoms with van der Waals surface area (Å²) in [4.78, 5) is 23.5. The number of amides is 1. The lowest BCUT2D eigenvalue weighted by molar-refractivity contribution is -0.157. The minimum absolute atomic E-state index is 0.202. The van der Waals surface area contributed by atoms with Gasteiger partial charge in [0.2, 0.25) is 0 Å². The molecule has 0 aromatic heterocycles. The number of esters is 1. The van der Waals surface area contributed by atoms with E-state index < -0.39 is 17.6 Å². The highest BCUT2D eigenvalue weighted by Crippen LogP contribution is 2.18. The molecule has 0 aliphatic carbocycles. The molecule has 0 unspecified atom stereocenters. The Labute approximate surface area is 94.7 Å². The lowest BCUT2D eigenvalue weighted by atomic mass is 9.97. The average molecular weight is 227 g/mol. The van der Waals surface area contributed by atoms with E-state index in [1.165, 1.54) is 4.90 Å². The lowest BCUT2D eigenvalue weighted by Gasteiger charge is -2.28. The molecule has 1 amide bonds. The van der Waals surface area contributed by atoms with Crippen molar-refractivity contribution in [2.45, 2.75) is 26.9 Å². The summed E-state index contributed by atoms with van der Waals surface area (Å²) in [5.74, 6) is -0.325. The normalized spacial score (nSPS) is 20.7. The number of nitrogens with zero attached hydrogens (tertiary/aromatic N) is 1. The summed E-state index contributed by atoms with van der Waals surface area (Å²) in [5, 5.41) is 8.80. The summed E-state index contributed by atoms with van der Waals surface area (Å²) in [5.41, 5.74) is -0.570. The molecule has 0 radical (unpaired) electrons.